The van der Waals surface area contributed by atoms with Gasteiger partial charge in [0, 0.05) is 17.8 Å². The van der Waals surface area contributed by atoms with E-state index in [-0.39, 0.29) is 0 Å². The van der Waals surface area contributed by atoms with Gasteiger partial charge < -0.3 is 0 Å². The lowest BCUT2D eigenvalue weighted by molar-refractivity contribution is 1.37. The van der Waals surface area contributed by atoms with Gasteiger partial charge in [-0.25, -0.2) is 0 Å². The fourth-order valence-corrected chi connectivity index (χ4v) is 7.45. The summed E-state index contributed by atoms with van der Waals surface area (Å²) in [5.74, 6) is 0. The van der Waals surface area contributed by atoms with Gasteiger partial charge in [-0.1, -0.05) is 173 Å². The van der Waals surface area contributed by atoms with Crippen molar-refractivity contribution in [3.8, 4) is 44.5 Å². The molecule has 1 aromatic heterocycles. The van der Waals surface area contributed by atoms with Crippen molar-refractivity contribution in [2.24, 2.45) is 0 Å². The van der Waals surface area contributed by atoms with Crippen molar-refractivity contribution in [1.82, 2.24) is 4.98 Å². The molecule has 0 radical (unpaired) electrons. The molecule has 0 saturated carbocycles. The maximum absolute atomic E-state index is 4.68. The molecule has 0 bridgehead atoms. The summed E-state index contributed by atoms with van der Waals surface area (Å²) in [4.78, 5) is 4.68. The summed E-state index contributed by atoms with van der Waals surface area (Å²) in [6, 6.07) is 57.6. The second-order valence-corrected chi connectivity index (χ2v) is 12.4. The number of aryl methyl sites for hydroxylation is 1. The van der Waals surface area contributed by atoms with E-state index in [9.17, 15) is 0 Å². The second-order valence-electron chi connectivity index (χ2n) is 12.4. The highest BCUT2D eigenvalue weighted by atomic mass is 14.6. The largest absolute Gasteiger partial charge is 0.264 e. The van der Waals surface area contributed by atoms with E-state index in [4.69, 9.17) is 0 Å². The van der Waals surface area contributed by atoms with Gasteiger partial charge in [0.1, 0.15) is 0 Å². The Labute approximate surface area is 301 Å². The third-order valence-electron chi connectivity index (χ3n) is 9.58. The molecule has 8 aromatic carbocycles. The van der Waals surface area contributed by atoms with Crippen LogP contribution in [0.1, 0.15) is 33.3 Å². The molecule has 1 heterocycles. The Morgan fingerprint density at radius 1 is 0.353 bits per heavy atom. The van der Waals surface area contributed by atoms with E-state index in [1.807, 2.05) is 40.1 Å². The van der Waals surface area contributed by atoms with E-state index < -0.39 is 0 Å². The highest BCUT2D eigenvalue weighted by molar-refractivity contribution is 6.21. The van der Waals surface area contributed by atoms with Gasteiger partial charge in [0.25, 0.3) is 0 Å². The minimum atomic E-state index is 1.16. The van der Waals surface area contributed by atoms with Crippen LogP contribution in [0.25, 0.3) is 87.6 Å². The van der Waals surface area contributed by atoms with Gasteiger partial charge in [-0.2, -0.15) is 0 Å². The zero-order chi connectivity index (χ0) is 35.3. The Morgan fingerprint density at radius 2 is 0.824 bits per heavy atom. The van der Waals surface area contributed by atoms with Crippen molar-refractivity contribution >= 4 is 43.1 Å². The number of pyridine rings is 1. The third kappa shape index (κ3) is 6.17. The van der Waals surface area contributed by atoms with Crippen LogP contribution in [-0.4, -0.2) is 4.98 Å². The zero-order valence-electron chi connectivity index (χ0n) is 30.1. The number of benzene rings is 8. The molecular formula is C50H43N. The van der Waals surface area contributed by atoms with Crippen LogP contribution in [0.2, 0.25) is 0 Å². The van der Waals surface area contributed by atoms with Crippen LogP contribution < -0.4 is 0 Å². The normalized spacial score (nSPS) is 10.8. The van der Waals surface area contributed by atoms with Crippen molar-refractivity contribution in [2.75, 3.05) is 0 Å². The monoisotopic (exact) mass is 657 g/mol. The summed E-state index contributed by atoms with van der Waals surface area (Å²) in [5, 5.41) is 9.89. The molecule has 1 nitrogen and oxygen atoms in total. The summed E-state index contributed by atoms with van der Waals surface area (Å²) >= 11 is 0. The summed E-state index contributed by atoms with van der Waals surface area (Å²) < 4.78 is 0. The van der Waals surface area contributed by atoms with Gasteiger partial charge >= 0.3 is 0 Å². The number of hydrogen-bond donors (Lipinski definition) is 0. The van der Waals surface area contributed by atoms with Crippen molar-refractivity contribution in [3.63, 3.8) is 0 Å². The van der Waals surface area contributed by atoms with E-state index in [0.29, 0.717) is 0 Å². The lowest BCUT2D eigenvalue weighted by Gasteiger charge is -2.19. The highest BCUT2D eigenvalue weighted by Gasteiger charge is 2.18. The average molecular weight is 658 g/mol. The van der Waals surface area contributed by atoms with Crippen LogP contribution >= 0.6 is 0 Å². The van der Waals surface area contributed by atoms with Crippen molar-refractivity contribution < 1.29 is 0 Å². The van der Waals surface area contributed by atoms with E-state index in [2.05, 4.69) is 170 Å². The van der Waals surface area contributed by atoms with Crippen LogP contribution in [0, 0.1) is 6.92 Å². The molecule has 51 heavy (non-hydrogen) atoms. The van der Waals surface area contributed by atoms with Gasteiger partial charge in [-0.15, -0.1) is 0 Å². The predicted molar refractivity (Wildman–Crippen MR) is 223 cm³/mol. The minimum absolute atomic E-state index is 1.16. The quantitative estimate of drug-likeness (QED) is 0.172. The van der Waals surface area contributed by atoms with Gasteiger partial charge in [-0.3, -0.25) is 4.98 Å². The molecule has 0 amide bonds. The molecule has 9 rings (SSSR count). The van der Waals surface area contributed by atoms with E-state index in [1.54, 1.807) is 0 Å². The SMILES string of the molecule is CC.CC.Cc1ccc2c(-c3cccc(-c4cccc5ccccc45)c3)c3cnccc3c(-c3cccc(-c4cccc5ccccc45)c3)c2c1. The first-order chi connectivity index (χ1) is 25.2. The van der Waals surface area contributed by atoms with Crippen LogP contribution in [-0.2, 0) is 0 Å². The van der Waals surface area contributed by atoms with Crippen molar-refractivity contribution in [3.05, 3.63) is 176 Å². The molecule has 0 atom stereocenters. The molecule has 0 aliphatic carbocycles. The Kier molecular flexibility index (Phi) is 9.72. The first-order valence-electron chi connectivity index (χ1n) is 18.2. The molecule has 0 saturated heterocycles. The van der Waals surface area contributed by atoms with Crippen LogP contribution in [0.3, 0.4) is 0 Å². The first-order valence-corrected chi connectivity index (χ1v) is 18.2. The lowest BCUT2D eigenvalue weighted by Crippen LogP contribution is -1.93. The molecule has 248 valence electrons. The third-order valence-corrected chi connectivity index (χ3v) is 9.58. The number of rotatable bonds is 4. The smallest absolute Gasteiger partial charge is 0.0353 e. The molecular weight excluding hydrogens is 615 g/mol. The molecule has 0 spiro atoms. The number of nitrogens with zero attached hydrogens (tertiary/aromatic N) is 1. The van der Waals surface area contributed by atoms with Crippen LogP contribution in [0.5, 0.6) is 0 Å². The van der Waals surface area contributed by atoms with E-state index in [1.165, 1.54) is 87.8 Å². The molecule has 9 aromatic rings. The molecule has 0 unspecified atom stereocenters. The fourth-order valence-electron chi connectivity index (χ4n) is 7.45. The average Bonchev–Trinajstić information content (AvgIpc) is 3.21. The molecule has 0 fully saturated rings. The predicted octanol–water partition coefficient (Wildman–Crippen LogP) is 14.7. The maximum Gasteiger partial charge on any atom is 0.0353 e. The summed E-state index contributed by atoms with van der Waals surface area (Å²) in [5.41, 5.74) is 11.0. The topological polar surface area (TPSA) is 12.9 Å². The number of hydrogen-bond acceptors (Lipinski definition) is 1. The highest BCUT2D eigenvalue weighted by Crippen LogP contribution is 2.45. The molecule has 0 aliphatic rings. The Morgan fingerprint density at radius 3 is 1.41 bits per heavy atom. The first kappa shape index (κ1) is 33.4. The fraction of sp³-hybridized carbons (Fsp3) is 0.100. The molecule has 0 N–H and O–H groups in total. The Bertz CT molecular complexity index is 2640. The van der Waals surface area contributed by atoms with Gasteiger partial charge in [-0.05, 0) is 107 Å². The van der Waals surface area contributed by atoms with Gasteiger partial charge in [0.15, 0.2) is 0 Å². The maximum atomic E-state index is 4.68. The number of fused-ring (bicyclic) bond motifs is 4. The minimum Gasteiger partial charge on any atom is -0.264 e. The second kappa shape index (κ2) is 14.8. The number of aromatic nitrogens is 1. The van der Waals surface area contributed by atoms with Gasteiger partial charge in [0.2, 0.25) is 0 Å². The Balaban J connectivity index is 0.000000983. The van der Waals surface area contributed by atoms with Crippen LogP contribution in [0.4, 0.5) is 0 Å². The van der Waals surface area contributed by atoms with E-state index >= 15 is 0 Å². The van der Waals surface area contributed by atoms with Crippen molar-refractivity contribution in [2.45, 2.75) is 34.6 Å². The molecule has 1 heteroatoms. The van der Waals surface area contributed by atoms with Gasteiger partial charge in [0.05, 0.1) is 0 Å². The zero-order valence-corrected chi connectivity index (χ0v) is 30.1. The summed E-state index contributed by atoms with van der Waals surface area (Å²) in [7, 11) is 0. The lowest BCUT2D eigenvalue weighted by atomic mass is 9.84. The van der Waals surface area contributed by atoms with Crippen molar-refractivity contribution in [1.29, 1.82) is 0 Å². The summed E-state index contributed by atoms with van der Waals surface area (Å²) in [6.07, 6.45) is 3.98. The van der Waals surface area contributed by atoms with Crippen LogP contribution in [0.15, 0.2) is 170 Å². The Hall–Kier alpha value is -6.05. The standard InChI is InChI=1S/C46H31N.2C2H6/c1-30-22-23-41-43(26-30)45(35-16-6-14-33(27-35)39-20-8-12-31-10-2-4-18-37(31)39)42-24-25-47-29-44(42)46(41)36-17-7-15-34(28-36)40-21-9-13-32-11-3-5-19-38(32)40;2*1-2/h2-29H,1H3;2*1-2H3. The van der Waals surface area contributed by atoms with E-state index in [0.717, 1.165) is 5.39 Å². The summed E-state index contributed by atoms with van der Waals surface area (Å²) in [6.45, 7) is 10.2. The molecule has 0 aliphatic heterocycles.